The van der Waals surface area contributed by atoms with Gasteiger partial charge in [-0.2, -0.15) is 0 Å². The summed E-state index contributed by atoms with van der Waals surface area (Å²) in [6.07, 6.45) is 6.23. The molecule has 0 amide bonds. The first-order chi connectivity index (χ1) is 18.2. The number of aromatic nitrogens is 3. The summed E-state index contributed by atoms with van der Waals surface area (Å²) in [5.74, 6) is 1.93. The van der Waals surface area contributed by atoms with Crippen molar-refractivity contribution in [2.75, 3.05) is 6.54 Å². The normalized spacial score (nSPS) is 12.6. The van der Waals surface area contributed by atoms with Gasteiger partial charge in [0.05, 0.1) is 0 Å². The van der Waals surface area contributed by atoms with Crippen molar-refractivity contribution in [3.8, 4) is 45.3 Å². The first-order valence-electron chi connectivity index (χ1n) is 12.1. The van der Waals surface area contributed by atoms with Gasteiger partial charge in [0.25, 0.3) is 0 Å². The molecule has 1 aromatic heterocycles. The van der Waals surface area contributed by atoms with Gasteiger partial charge in [0, 0.05) is 27.7 Å². The van der Waals surface area contributed by atoms with E-state index >= 15 is 0 Å². The van der Waals surface area contributed by atoms with Crippen LogP contribution in [0.1, 0.15) is 5.56 Å². The molecule has 4 aromatic carbocycles. The van der Waals surface area contributed by atoms with Crippen molar-refractivity contribution in [1.82, 2.24) is 20.3 Å². The molecule has 0 unspecified atom stereocenters. The van der Waals surface area contributed by atoms with Crippen LogP contribution in [0.25, 0.3) is 50.9 Å². The van der Waals surface area contributed by atoms with Gasteiger partial charge in [-0.1, -0.05) is 107 Å². The Balaban J connectivity index is 1.46. The second kappa shape index (κ2) is 10.3. The summed E-state index contributed by atoms with van der Waals surface area (Å²) in [6, 6.07) is 35.1. The van der Waals surface area contributed by atoms with Crippen molar-refractivity contribution in [3.05, 3.63) is 132 Å². The maximum Gasteiger partial charge on any atom is 0.164 e. The van der Waals surface area contributed by atoms with Crippen molar-refractivity contribution in [1.29, 1.82) is 0 Å². The number of dihydropyridines is 1. The number of hydrogen-bond donors (Lipinski definition) is 1. The lowest BCUT2D eigenvalue weighted by molar-refractivity contribution is 0.975. The number of nitrogens with zero attached hydrogens (tertiary/aromatic N) is 3. The van der Waals surface area contributed by atoms with E-state index < -0.39 is 0 Å². The molecule has 0 spiro atoms. The van der Waals surface area contributed by atoms with Crippen LogP contribution in [0.4, 0.5) is 0 Å². The third-order valence-electron chi connectivity index (χ3n) is 6.23. The van der Waals surface area contributed by atoms with E-state index in [-0.39, 0.29) is 0 Å². The van der Waals surface area contributed by atoms with Crippen molar-refractivity contribution in [3.63, 3.8) is 0 Å². The van der Waals surface area contributed by atoms with Crippen LogP contribution in [0.3, 0.4) is 0 Å². The topological polar surface area (TPSA) is 50.7 Å². The van der Waals surface area contributed by atoms with Crippen LogP contribution in [0, 0.1) is 0 Å². The summed E-state index contributed by atoms with van der Waals surface area (Å²) in [4.78, 5) is 14.7. The van der Waals surface area contributed by atoms with E-state index in [1.54, 1.807) is 0 Å². The summed E-state index contributed by atoms with van der Waals surface area (Å²) in [6.45, 7) is 0.806. The van der Waals surface area contributed by atoms with E-state index in [4.69, 9.17) is 15.0 Å². The average molecular weight is 543 g/mol. The summed E-state index contributed by atoms with van der Waals surface area (Å²) in [5, 5.41) is 3.21. The van der Waals surface area contributed by atoms with Gasteiger partial charge in [-0.05, 0) is 52.7 Å². The van der Waals surface area contributed by atoms with E-state index in [2.05, 4.69) is 100 Å². The Hall–Kier alpha value is -4.35. The molecule has 0 aliphatic carbocycles. The van der Waals surface area contributed by atoms with E-state index in [0.29, 0.717) is 17.5 Å². The van der Waals surface area contributed by atoms with Crippen LogP contribution in [-0.4, -0.2) is 21.5 Å². The summed E-state index contributed by atoms with van der Waals surface area (Å²) in [7, 11) is 0. The average Bonchev–Trinajstić information content (AvgIpc) is 2.98. The number of benzene rings is 4. The highest BCUT2D eigenvalue weighted by atomic mass is 79.9. The second-order valence-corrected chi connectivity index (χ2v) is 9.66. The van der Waals surface area contributed by atoms with Crippen LogP contribution < -0.4 is 5.32 Å². The smallest absolute Gasteiger partial charge is 0.164 e. The van der Waals surface area contributed by atoms with Crippen LogP contribution in [0.2, 0.25) is 0 Å². The third-order valence-corrected chi connectivity index (χ3v) is 6.69. The molecule has 5 aromatic rings. The number of allylic oxidation sites excluding steroid dienone is 2. The molecule has 0 saturated carbocycles. The van der Waals surface area contributed by atoms with Crippen LogP contribution in [0.5, 0.6) is 0 Å². The Bertz CT molecular complexity index is 1610. The molecule has 1 aliphatic rings. The molecule has 178 valence electrons. The maximum atomic E-state index is 4.94. The van der Waals surface area contributed by atoms with Gasteiger partial charge in [-0.25, -0.2) is 15.0 Å². The van der Waals surface area contributed by atoms with Gasteiger partial charge in [-0.15, -0.1) is 0 Å². The first kappa shape index (κ1) is 23.1. The zero-order valence-corrected chi connectivity index (χ0v) is 21.6. The van der Waals surface area contributed by atoms with Gasteiger partial charge in [0.2, 0.25) is 0 Å². The zero-order chi connectivity index (χ0) is 25.0. The first-order valence-corrected chi connectivity index (χ1v) is 12.9. The number of hydrogen-bond acceptors (Lipinski definition) is 4. The van der Waals surface area contributed by atoms with Crippen molar-refractivity contribution >= 4 is 21.5 Å². The van der Waals surface area contributed by atoms with Gasteiger partial charge >= 0.3 is 0 Å². The second-order valence-electron chi connectivity index (χ2n) is 8.75. The summed E-state index contributed by atoms with van der Waals surface area (Å²) in [5.41, 5.74) is 7.43. The lowest BCUT2D eigenvalue weighted by atomic mass is 10.0. The number of halogens is 1. The third kappa shape index (κ3) is 5.13. The molecule has 0 bridgehead atoms. The lowest BCUT2D eigenvalue weighted by Crippen LogP contribution is -2.08. The van der Waals surface area contributed by atoms with Crippen LogP contribution in [-0.2, 0) is 0 Å². The molecular formula is C32H23BrN4. The number of rotatable bonds is 5. The molecule has 0 saturated heterocycles. The van der Waals surface area contributed by atoms with Gasteiger partial charge in [0.1, 0.15) is 0 Å². The Morgan fingerprint density at radius 1 is 0.541 bits per heavy atom. The fourth-order valence-corrected chi connectivity index (χ4v) is 4.84. The Kier molecular flexibility index (Phi) is 6.44. The van der Waals surface area contributed by atoms with E-state index in [1.807, 2.05) is 42.6 Å². The Labute approximate surface area is 224 Å². The predicted octanol–water partition coefficient (Wildman–Crippen LogP) is 7.80. The molecule has 0 radical (unpaired) electrons. The molecule has 1 aliphatic heterocycles. The molecular weight excluding hydrogens is 520 g/mol. The molecule has 2 heterocycles. The van der Waals surface area contributed by atoms with E-state index in [0.717, 1.165) is 44.4 Å². The number of nitrogens with one attached hydrogen (secondary N) is 1. The van der Waals surface area contributed by atoms with E-state index in [1.165, 1.54) is 5.56 Å². The maximum absolute atomic E-state index is 4.94. The molecule has 0 atom stereocenters. The Morgan fingerprint density at radius 3 is 1.68 bits per heavy atom. The standard InChI is InChI=1S/C32H23BrN4/c33-29-20-27(24-15-17-34-18-16-24)19-28(21-29)32-36-30(25-9-5-2-6-10-25)35-31(37-32)26-13-11-23(12-14-26)22-7-3-1-4-8-22/h1-17,19-21,34H,18H2. The van der Waals surface area contributed by atoms with Gasteiger partial charge < -0.3 is 5.32 Å². The fraction of sp³-hybridized carbons (Fsp3) is 0.0312. The lowest BCUT2D eigenvalue weighted by Gasteiger charge is -2.12. The SMILES string of the molecule is Brc1cc(C2=CCNC=C2)cc(-c2nc(-c3ccccc3)nc(-c3ccc(-c4ccccc4)cc3)n2)c1. The van der Waals surface area contributed by atoms with Gasteiger partial charge in [-0.3, -0.25) is 0 Å². The summed E-state index contributed by atoms with van der Waals surface area (Å²) < 4.78 is 0.975. The monoisotopic (exact) mass is 542 g/mol. The Morgan fingerprint density at radius 2 is 1.05 bits per heavy atom. The largest absolute Gasteiger partial charge is 0.387 e. The van der Waals surface area contributed by atoms with Crippen molar-refractivity contribution in [2.45, 2.75) is 0 Å². The minimum atomic E-state index is 0.636. The highest BCUT2D eigenvalue weighted by Gasteiger charge is 2.14. The fourth-order valence-electron chi connectivity index (χ4n) is 4.35. The minimum absolute atomic E-state index is 0.636. The molecule has 4 nitrogen and oxygen atoms in total. The molecule has 1 N–H and O–H groups in total. The molecule has 5 heteroatoms. The minimum Gasteiger partial charge on any atom is -0.387 e. The summed E-state index contributed by atoms with van der Waals surface area (Å²) >= 11 is 3.70. The quantitative estimate of drug-likeness (QED) is 0.246. The highest BCUT2D eigenvalue weighted by molar-refractivity contribution is 9.10. The van der Waals surface area contributed by atoms with Crippen molar-refractivity contribution < 1.29 is 0 Å². The van der Waals surface area contributed by atoms with Crippen molar-refractivity contribution in [2.24, 2.45) is 0 Å². The molecule has 0 fully saturated rings. The molecule has 6 rings (SSSR count). The predicted molar refractivity (Wildman–Crippen MR) is 154 cm³/mol. The highest BCUT2D eigenvalue weighted by Crippen LogP contribution is 2.31. The van der Waals surface area contributed by atoms with E-state index in [9.17, 15) is 0 Å². The molecule has 37 heavy (non-hydrogen) atoms. The van der Waals surface area contributed by atoms with Crippen LogP contribution in [0.15, 0.2) is 126 Å². The zero-order valence-electron chi connectivity index (χ0n) is 20.0. The van der Waals surface area contributed by atoms with Crippen LogP contribution >= 0.6 is 15.9 Å². The van der Waals surface area contributed by atoms with Gasteiger partial charge in [0.15, 0.2) is 17.5 Å².